The smallest absolute Gasteiger partial charge is 0.119 e. The SMILES string of the molecule is Ic1ccc(OC2CC3CCC2C3)cc1. The Bertz CT molecular complexity index is 346. The number of ether oxygens (including phenoxy) is 1. The zero-order chi connectivity index (χ0) is 10.3. The van der Waals surface area contributed by atoms with Crippen molar-refractivity contribution in [3.8, 4) is 5.75 Å². The van der Waals surface area contributed by atoms with Crippen molar-refractivity contribution in [2.45, 2.75) is 31.8 Å². The van der Waals surface area contributed by atoms with Gasteiger partial charge in [0.2, 0.25) is 0 Å². The molecule has 2 heteroatoms. The zero-order valence-electron chi connectivity index (χ0n) is 8.66. The van der Waals surface area contributed by atoms with Crippen molar-refractivity contribution in [3.05, 3.63) is 27.8 Å². The number of halogens is 1. The van der Waals surface area contributed by atoms with Gasteiger partial charge in [-0.3, -0.25) is 0 Å². The second kappa shape index (κ2) is 3.96. The van der Waals surface area contributed by atoms with Gasteiger partial charge in [-0.1, -0.05) is 0 Å². The molecular formula is C13H15IO. The maximum Gasteiger partial charge on any atom is 0.119 e. The molecule has 0 radical (unpaired) electrons. The van der Waals surface area contributed by atoms with E-state index in [4.69, 9.17) is 4.74 Å². The Kier molecular flexibility index (Phi) is 2.63. The van der Waals surface area contributed by atoms with Gasteiger partial charge in [-0.25, -0.2) is 0 Å². The Balaban J connectivity index is 1.68. The van der Waals surface area contributed by atoms with Crippen LogP contribution < -0.4 is 4.74 Å². The van der Waals surface area contributed by atoms with Crippen molar-refractivity contribution in [2.75, 3.05) is 0 Å². The summed E-state index contributed by atoms with van der Waals surface area (Å²) in [6, 6.07) is 8.41. The standard InChI is InChI=1S/C13H15IO/c14-11-3-5-12(6-4-11)15-13-8-9-1-2-10(13)7-9/h3-6,9-10,13H,1-2,7-8H2. The molecule has 1 aromatic carbocycles. The summed E-state index contributed by atoms with van der Waals surface area (Å²) in [5.74, 6) is 2.85. The fraction of sp³-hybridized carbons (Fsp3) is 0.538. The van der Waals surface area contributed by atoms with Crippen LogP contribution in [0.4, 0.5) is 0 Å². The molecular weight excluding hydrogens is 299 g/mol. The summed E-state index contributed by atoms with van der Waals surface area (Å²) in [6.45, 7) is 0. The normalized spacial score (nSPS) is 33.3. The fourth-order valence-electron chi connectivity index (χ4n) is 3.02. The van der Waals surface area contributed by atoms with E-state index in [1.165, 1.54) is 29.3 Å². The summed E-state index contributed by atoms with van der Waals surface area (Å²) in [5, 5.41) is 0. The molecule has 2 aliphatic rings. The van der Waals surface area contributed by atoms with E-state index in [0.717, 1.165) is 17.6 Å². The second-order valence-corrected chi connectivity index (χ2v) is 6.03. The molecule has 0 spiro atoms. The van der Waals surface area contributed by atoms with Crippen LogP contribution in [0.3, 0.4) is 0 Å². The molecule has 0 aliphatic heterocycles. The topological polar surface area (TPSA) is 9.23 Å². The number of fused-ring (bicyclic) bond motifs is 2. The molecule has 0 N–H and O–H groups in total. The minimum absolute atomic E-state index is 0.504. The molecule has 2 saturated carbocycles. The highest BCUT2D eigenvalue weighted by atomic mass is 127. The van der Waals surface area contributed by atoms with Crippen molar-refractivity contribution in [3.63, 3.8) is 0 Å². The Labute approximate surface area is 104 Å². The van der Waals surface area contributed by atoms with Gasteiger partial charge in [-0.05, 0) is 84.4 Å². The molecule has 1 aromatic rings. The summed E-state index contributed by atoms with van der Waals surface area (Å²) in [4.78, 5) is 0. The Morgan fingerprint density at radius 3 is 2.47 bits per heavy atom. The highest BCUT2D eigenvalue weighted by Crippen LogP contribution is 2.45. The van der Waals surface area contributed by atoms with Gasteiger partial charge in [-0.15, -0.1) is 0 Å². The van der Waals surface area contributed by atoms with E-state index in [1.807, 2.05) is 0 Å². The lowest BCUT2D eigenvalue weighted by Gasteiger charge is -2.23. The van der Waals surface area contributed by atoms with E-state index >= 15 is 0 Å². The molecule has 3 rings (SSSR count). The first-order chi connectivity index (χ1) is 7.31. The van der Waals surface area contributed by atoms with Gasteiger partial charge >= 0.3 is 0 Å². The number of hydrogen-bond acceptors (Lipinski definition) is 1. The Morgan fingerprint density at radius 1 is 1.07 bits per heavy atom. The lowest BCUT2D eigenvalue weighted by molar-refractivity contribution is 0.138. The summed E-state index contributed by atoms with van der Waals surface area (Å²) in [5.41, 5.74) is 0. The maximum atomic E-state index is 6.06. The fourth-order valence-corrected chi connectivity index (χ4v) is 3.38. The summed E-state index contributed by atoms with van der Waals surface area (Å²) >= 11 is 2.32. The zero-order valence-corrected chi connectivity index (χ0v) is 10.8. The molecule has 2 aliphatic carbocycles. The van der Waals surface area contributed by atoms with Gasteiger partial charge in [0.05, 0.1) is 0 Å². The molecule has 1 nitrogen and oxygen atoms in total. The lowest BCUT2D eigenvalue weighted by atomic mass is 9.98. The lowest BCUT2D eigenvalue weighted by Crippen LogP contribution is -2.23. The van der Waals surface area contributed by atoms with Gasteiger partial charge < -0.3 is 4.74 Å². The first-order valence-electron chi connectivity index (χ1n) is 5.73. The van der Waals surface area contributed by atoms with Gasteiger partial charge in [0, 0.05) is 3.57 Å². The van der Waals surface area contributed by atoms with Crippen LogP contribution in [0.1, 0.15) is 25.7 Å². The van der Waals surface area contributed by atoms with Crippen molar-refractivity contribution < 1.29 is 4.74 Å². The van der Waals surface area contributed by atoms with Crippen molar-refractivity contribution in [1.82, 2.24) is 0 Å². The van der Waals surface area contributed by atoms with Crippen LogP contribution in [0.25, 0.3) is 0 Å². The Hall–Kier alpha value is -0.250. The molecule has 0 saturated heterocycles. The molecule has 2 fully saturated rings. The maximum absolute atomic E-state index is 6.06. The largest absolute Gasteiger partial charge is 0.490 e. The van der Waals surface area contributed by atoms with Crippen LogP contribution in [0.5, 0.6) is 5.75 Å². The van der Waals surface area contributed by atoms with Crippen molar-refractivity contribution in [2.24, 2.45) is 11.8 Å². The third kappa shape index (κ3) is 2.01. The first kappa shape index (κ1) is 9.94. The van der Waals surface area contributed by atoms with Crippen LogP contribution in [-0.2, 0) is 0 Å². The van der Waals surface area contributed by atoms with Crippen LogP contribution in [0.15, 0.2) is 24.3 Å². The number of benzene rings is 1. The average Bonchev–Trinajstić information content (AvgIpc) is 2.83. The summed E-state index contributed by atoms with van der Waals surface area (Å²) in [7, 11) is 0. The predicted molar refractivity (Wildman–Crippen MR) is 69.0 cm³/mol. The minimum Gasteiger partial charge on any atom is -0.490 e. The molecule has 2 bridgehead atoms. The first-order valence-corrected chi connectivity index (χ1v) is 6.81. The van der Waals surface area contributed by atoms with E-state index in [-0.39, 0.29) is 0 Å². The third-order valence-electron chi connectivity index (χ3n) is 3.77. The van der Waals surface area contributed by atoms with Crippen LogP contribution in [0, 0.1) is 15.4 Å². The van der Waals surface area contributed by atoms with Gasteiger partial charge in [-0.2, -0.15) is 0 Å². The van der Waals surface area contributed by atoms with Crippen LogP contribution in [0.2, 0.25) is 0 Å². The number of rotatable bonds is 2. The molecule has 3 unspecified atom stereocenters. The van der Waals surface area contributed by atoms with Gasteiger partial charge in [0.1, 0.15) is 11.9 Å². The van der Waals surface area contributed by atoms with E-state index < -0.39 is 0 Å². The van der Waals surface area contributed by atoms with Crippen molar-refractivity contribution in [1.29, 1.82) is 0 Å². The quantitative estimate of drug-likeness (QED) is 0.753. The highest BCUT2D eigenvalue weighted by Gasteiger charge is 2.40. The minimum atomic E-state index is 0.504. The summed E-state index contributed by atoms with van der Waals surface area (Å²) in [6.07, 6.45) is 6.03. The number of hydrogen-bond donors (Lipinski definition) is 0. The van der Waals surface area contributed by atoms with Crippen LogP contribution >= 0.6 is 22.6 Å². The molecule has 0 amide bonds. The Morgan fingerprint density at radius 2 is 1.87 bits per heavy atom. The average molecular weight is 314 g/mol. The molecule has 15 heavy (non-hydrogen) atoms. The molecule has 0 aromatic heterocycles. The predicted octanol–water partition coefficient (Wildman–Crippen LogP) is 3.86. The third-order valence-corrected chi connectivity index (χ3v) is 4.49. The highest BCUT2D eigenvalue weighted by molar-refractivity contribution is 14.1. The molecule has 80 valence electrons. The molecule has 0 heterocycles. The van der Waals surface area contributed by atoms with E-state index in [2.05, 4.69) is 46.9 Å². The second-order valence-electron chi connectivity index (χ2n) is 4.79. The van der Waals surface area contributed by atoms with E-state index in [1.54, 1.807) is 0 Å². The van der Waals surface area contributed by atoms with E-state index in [0.29, 0.717) is 6.10 Å². The van der Waals surface area contributed by atoms with Crippen LogP contribution in [-0.4, -0.2) is 6.10 Å². The molecule has 3 atom stereocenters. The van der Waals surface area contributed by atoms with E-state index in [9.17, 15) is 0 Å². The summed E-state index contributed by atoms with van der Waals surface area (Å²) < 4.78 is 7.33. The van der Waals surface area contributed by atoms with Crippen molar-refractivity contribution >= 4 is 22.6 Å². The van der Waals surface area contributed by atoms with Gasteiger partial charge in [0.15, 0.2) is 0 Å². The monoisotopic (exact) mass is 314 g/mol. The van der Waals surface area contributed by atoms with Gasteiger partial charge in [0.25, 0.3) is 0 Å².